The van der Waals surface area contributed by atoms with E-state index in [4.69, 9.17) is 8.37 Å². The molecule has 6 rings (SSSR count). The Labute approximate surface area is 347 Å². The van der Waals surface area contributed by atoms with Gasteiger partial charge in [-0.05, 0) is 52.6 Å². The molecule has 0 fully saturated rings. The summed E-state index contributed by atoms with van der Waals surface area (Å²) in [6, 6.07) is 28.0. The van der Waals surface area contributed by atoms with Crippen LogP contribution in [0.3, 0.4) is 0 Å². The van der Waals surface area contributed by atoms with Gasteiger partial charge in [-0.2, -0.15) is 41.8 Å². The molecule has 0 bridgehead atoms. The highest BCUT2D eigenvalue weighted by Gasteiger charge is 2.21. The van der Waals surface area contributed by atoms with Gasteiger partial charge in [-0.25, -0.2) is 4.98 Å². The van der Waals surface area contributed by atoms with Crippen molar-refractivity contribution < 1.29 is 35.4 Å². The molecule has 0 unspecified atom stereocenters. The van der Waals surface area contributed by atoms with E-state index < -0.39 is 20.2 Å². The second-order valence-electron chi connectivity index (χ2n) is 12.8. The molecule has 18 nitrogen and oxygen atoms in total. The molecule has 6 aromatic rings. The van der Waals surface area contributed by atoms with Crippen LogP contribution in [0.15, 0.2) is 107 Å². The fourth-order valence-electron chi connectivity index (χ4n) is 5.72. The maximum atomic E-state index is 13.3. The molecule has 312 valence electrons. The number of aliphatic hydroxyl groups excluding tert-OH is 2. The predicted octanol–water partition coefficient (Wildman–Crippen LogP) is 4.37. The lowest BCUT2D eigenvalue weighted by atomic mass is 10.1. The number of aliphatic hydroxyl groups is 2. The largest absolute Gasteiger partial charge is 0.395 e. The fourth-order valence-corrected chi connectivity index (χ4v) is 7.49. The molecule has 4 aromatic carbocycles. The first-order valence-corrected chi connectivity index (χ1v) is 21.2. The number of benzene rings is 4. The third kappa shape index (κ3) is 11.6. The van der Waals surface area contributed by atoms with E-state index in [1.54, 1.807) is 18.2 Å². The minimum Gasteiger partial charge on any atom is -0.395 e. The van der Waals surface area contributed by atoms with Gasteiger partial charge in [0, 0.05) is 37.3 Å². The first-order chi connectivity index (χ1) is 29.0. The van der Waals surface area contributed by atoms with Gasteiger partial charge in [0.1, 0.15) is 21.4 Å². The molecule has 0 amide bonds. The summed E-state index contributed by atoms with van der Waals surface area (Å²) in [4.78, 5) is 26.3. The molecular formula is C40H42N10O8S2. The lowest BCUT2D eigenvalue weighted by Gasteiger charge is -2.13. The quantitative estimate of drug-likeness (QED) is 0.0460. The second-order valence-corrected chi connectivity index (χ2v) is 16.1. The number of rotatable bonds is 20. The van der Waals surface area contributed by atoms with E-state index in [-0.39, 0.29) is 83.1 Å². The minimum absolute atomic E-state index is 0.0599. The van der Waals surface area contributed by atoms with Crippen molar-refractivity contribution in [3.8, 4) is 0 Å². The molecule has 60 heavy (non-hydrogen) atoms. The van der Waals surface area contributed by atoms with E-state index in [0.717, 1.165) is 19.8 Å². The third-order valence-corrected chi connectivity index (χ3v) is 11.2. The van der Waals surface area contributed by atoms with Crippen LogP contribution < -0.4 is 21.3 Å². The van der Waals surface area contributed by atoms with Gasteiger partial charge in [-0.15, -0.1) is 0 Å². The van der Waals surface area contributed by atoms with E-state index >= 15 is 0 Å². The molecule has 0 aliphatic heterocycles. The molecule has 0 aliphatic carbocycles. The monoisotopic (exact) mass is 854 g/mol. The average Bonchev–Trinajstić information content (AvgIpc) is 3.25. The van der Waals surface area contributed by atoms with Crippen LogP contribution in [-0.4, -0.2) is 97.5 Å². The van der Waals surface area contributed by atoms with Crippen LogP contribution in [0.25, 0.3) is 12.2 Å². The van der Waals surface area contributed by atoms with Crippen molar-refractivity contribution in [2.75, 3.05) is 61.8 Å². The van der Waals surface area contributed by atoms with E-state index in [1.807, 2.05) is 60.7 Å². The SMILES string of the molecule is COS(=O)(=O)c1cc(Cc2nc(Cc3ccccc3)nc(NCCO)n2)ccc1/C=C/c1ccc(Nc2nc(NCCO)nc(Nc3ccccc3)n2)cc1S(=O)(=O)OC. The lowest BCUT2D eigenvalue weighted by molar-refractivity contribution is 0.310. The van der Waals surface area contributed by atoms with Crippen molar-refractivity contribution in [1.82, 2.24) is 29.9 Å². The number of para-hydroxylation sites is 1. The van der Waals surface area contributed by atoms with E-state index in [9.17, 15) is 27.0 Å². The van der Waals surface area contributed by atoms with Crippen LogP contribution in [0, 0.1) is 0 Å². The van der Waals surface area contributed by atoms with Crippen LogP contribution in [-0.2, 0) is 41.4 Å². The topological polar surface area (TPSA) is 253 Å². The molecule has 0 atom stereocenters. The van der Waals surface area contributed by atoms with Crippen LogP contribution in [0.5, 0.6) is 0 Å². The summed E-state index contributed by atoms with van der Waals surface area (Å²) in [6.45, 7) is 0.0775. The summed E-state index contributed by atoms with van der Waals surface area (Å²) in [5.41, 5.74) is 2.90. The van der Waals surface area contributed by atoms with Gasteiger partial charge in [0.15, 0.2) is 0 Å². The molecule has 0 saturated carbocycles. The normalized spacial score (nSPS) is 11.7. The maximum absolute atomic E-state index is 13.3. The highest BCUT2D eigenvalue weighted by atomic mass is 32.2. The molecule has 6 N–H and O–H groups in total. The minimum atomic E-state index is -4.31. The molecule has 0 radical (unpaired) electrons. The summed E-state index contributed by atoms with van der Waals surface area (Å²) in [7, 11) is -6.51. The van der Waals surface area contributed by atoms with Gasteiger partial charge in [-0.3, -0.25) is 8.37 Å². The van der Waals surface area contributed by atoms with Crippen LogP contribution in [0.4, 0.5) is 35.2 Å². The van der Waals surface area contributed by atoms with E-state index in [1.165, 1.54) is 30.4 Å². The molecule has 2 aromatic heterocycles. The van der Waals surface area contributed by atoms with Gasteiger partial charge in [0.25, 0.3) is 20.2 Å². The smallest absolute Gasteiger partial charge is 0.297 e. The van der Waals surface area contributed by atoms with Crippen molar-refractivity contribution in [1.29, 1.82) is 0 Å². The molecule has 0 aliphatic rings. The zero-order chi connectivity index (χ0) is 42.5. The molecule has 0 saturated heterocycles. The zero-order valence-corrected chi connectivity index (χ0v) is 34.1. The Morgan fingerprint density at radius 3 is 1.58 bits per heavy atom. The number of anilines is 6. The lowest BCUT2D eigenvalue weighted by Crippen LogP contribution is -2.13. The highest BCUT2D eigenvalue weighted by molar-refractivity contribution is 7.87. The summed E-state index contributed by atoms with van der Waals surface area (Å²) < 4.78 is 62.8. The Balaban J connectivity index is 1.30. The Morgan fingerprint density at radius 2 is 1.02 bits per heavy atom. The summed E-state index contributed by atoms with van der Waals surface area (Å²) >= 11 is 0. The van der Waals surface area contributed by atoms with Crippen molar-refractivity contribution >= 4 is 67.6 Å². The van der Waals surface area contributed by atoms with Crippen LogP contribution in [0.2, 0.25) is 0 Å². The van der Waals surface area contributed by atoms with Crippen molar-refractivity contribution in [2.45, 2.75) is 22.6 Å². The Hall–Kier alpha value is -6.42. The van der Waals surface area contributed by atoms with Gasteiger partial charge in [0.05, 0.1) is 27.4 Å². The summed E-state index contributed by atoms with van der Waals surface area (Å²) in [5.74, 6) is 1.50. The Morgan fingerprint density at radius 1 is 0.533 bits per heavy atom. The standard InChI is InChI=1S/C40H42N10O8S2/c1-57-59(53,54)33-23-28(25-36-45-35(24-27-9-5-3-6-10-27)46-37(47-36)41-19-21-51)13-14-29(33)15-16-30-17-18-32(26-34(30)60(55,56)58-2)44-40-49-38(42-20-22-52)48-39(50-40)43-31-11-7-4-8-12-31/h3-18,23,26,51-52H,19-22,24-25H2,1-2H3,(H,41,45,46,47)(H3,42,43,44,48,49,50)/b16-15+. The van der Waals surface area contributed by atoms with E-state index in [0.29, 0.717) is 29.3 Å². The zero-order valence-electron chi connectivity index (χ0n) is 32.5. The number of nitrogens with zero attached hydrogens (tertiary/aromatic N) is 6. The first kappa shape index (κ1) is 43.2. The first-order valence-electron chi connectivity index (χ1n) is 18.4. The van der Waals surface area contributed by atoms with Gasteiger partial charge in [0.2, 0.25) is 23.8 Å². The Kier molecular flexibility index (Phi) is 14.4. The van der Waals surface area contributed by atoms with Gasteiger partial charge < -0.3 is 31.5 Å². The molecule has 0 spiro atoms. The number of hydrogen-bond donors (Lipinski definition) is 6. The van der Waals surface area contributed by atoms with Crippen molar-refractivity contribution in [3.05, 3.63) is 131 Å². The summed E-state index contributed by atoms with van der Waals surface area (Å²) in [5, 5.41) is 30.6. The fraction of sp³-hybridized carbons (Fsp3) is 0.200. The van der Waals surface area contributed by atoms with Crippen LogP contribution >= 0.6 is 0 Å². The Bertz CT molecular complexity index is 2470. The van der Waals surface area contributed by atoms with Crippen molar-refractivity contribution in [2.24, 2.45) is 0 Å². The van der Waals surface area contributed by atoms with Crippen molar-refractivity contribution in [3.63, 3.8) is 0 Å². The van der Waals surface area contributed by atoms with Crippen LogP contribution in [0.1, 0.15) is 33.9 Å². The maximum Gasteiger partial charge on any atom is 0.297 e. The third-order valence-electron chi connectivity index (χ3n) is 8.52. The molecular weight excluding hydrogens is 813 g/mol. The van der Waals surface area contributed by atoms with E-state index in [2.05, 4.69) is 51.2 Å². The highest BCUT2D eigenvalue weighted by Crippen LogP contribution is 2.29. The van der Waals surface area contributed by atoms with Gasteiger partial charge in [-0.1, -0.05) is 78.9 Å². The average molecular weight is 855 g/mol. The van der Waals surface area contributed by atoms with Gasteiger partial charge >= 0.3 is 0 Å². The summed E-state index contributed by atoms with van der Waals surface area (Å²) in [6.07, 6.45) is 3.45. The predicted molar refractivity (Wildman–Crippen MR) is 226 cm³/mol. The number of nitrogens with one attached hydrogen (secondary N) is 4. The number of hydrogen-bond acceptors (Lipinski definition) is 18. The molecule has 20 heteroatoms. The molecule has 2 heterocycles. The second kappa shape index (κ2) is 20.0. The number of aromatic nitrogens is 6.